The largest absolute Gasteiger partial charge is 0.338 e. The van der Waals surface area contributed by atoms with Gasteiger partial charge in [-0.2, -0.15) is 0 Å². The monoisotopic (exact) mass is 260 g/mol. The predicted molar refractivity (Wildman–Crippen MR) is 78.0 cm³/mol. The fourth-order valence-electron chi connectivity index (χ4n) is 2.79. The molecule has 19 heavy (non-hydrogen) atoms. The lowest BCUT2D eigenvalue weighted by Crippen LogP contribution is -2.30. The number of hydrogen-bond donors (Lipinski definition) is 1. The second kappa shape index (κ2) is 6.20. The fourth-order valence-corrected chi connectivity index (χ4v) is 2.79. The van der Waals surface area contributed by atoms with Crippen molar-refractivity contribution in [3.63, 3.8) is 0 Å². The Labute approximate surface area is 115 Å². The highest BCUT2D eigenvalue weighted by molar-refractivity contribution is 5.95. The molecule has 0 aliphatic carbocycles. The Kier molecular flexibility index (Phi) is 4.59. The van der Waals surface area contributed by atoms with Crippen molar-refractivity contribution in [2.24, 2.45) is 17.6 Å². The van der Waals surface area contributed by atoms with Crippen molar-refractivity contribution >= 4 is 5.91 Å². The van der Waals surface area contributed by atoms with Crippen LogP contribution in [0, 0.1) is 11.8 Å². The van der Waals surface area contributed by atoms with E-state index in [2.05, 4.69) is 13.8 Å². The Morgan fingerprint density at radius 3 is 2.79 bits per heavy atom. The number of nitrogens with zero attached hydrogens (tertiary/aromatic N) is 1. The molecule has 0 spiro atoms. The van der Waals surface area contributed by atoms with Crippen LogP contribution in [-0.4, -0.2) is 30.4 Å². The van der Waals surface area contributed by atoms with Gasteiger partial charge in [0.1, 0.15) is 0 Å². The summed E-state index contributed by atoms with van der Waals surface area (Å²) in [4.78, 5) is 14.6. The van der Waals surface area contributed by atoms with Gasteiger partial charge in [0.2, 0.25) is 0 Å². The van der Waals surface area contributed by atoms with Crippen LogP contribution in [0.1, 0.15) is 36.2 Å². The summed E-state index contributed by atoms with van der Waals surface area (Å²) in [6, 6.07) is 7.85. The number of rotatable bonds is 4. The number of nitrogens with two attached hydrogens (primary N) is 1. The molecule has 1 aromatic carbocycles. The Balaban J connectivity index is 2.12. The Bertz CT molecular complexity index is 442. The molecule has 1 aromatic rings. The van der Waals surface area contributed by atoms with Gasteiger partial charge in [-0.05, 0) is 42.9 Å². The van der Waals surface area contributed by atoms with Gasteiger partial charge in [-0.15, -0.1) is 0 Å². The van der Waals surface area contributed by atoms with Crippen LogP contribution in [0.3, 0.4) is 0 Å². The first kappa shape index (κ1) is 14.1. The van der Waals surface area contributed by atoms with E-state index in [1.807, 2.05) is 29.2 Å². The normalized spacial score (nSPS) is 19.2. The van der Waals surface area contributed by atoms with Gasteiger partial charge < -0.3 is 10.6 Å². The summed E-state index contributed by atoms with van der Waals surface area (Å²) in [6.45, 7) is 6.84. The second-order valence-corrected chi connectivity index (χ2v) is 5.74. The maximum atomic E-state index is 12.6. The van der Waals surface area contributed by atoms with Crippen LogP contribution in [0.5, 0.6) is 0 Å². The second-order valence-electron chi connectivity index (χ2n) is 5.74. The molecule has 0 radical (unpaired) electrons. The summed E-state index contributed by atoms with van der Waals surface area (Å²) < 4.78 is 0. The van der Waals surface area contributed by atoms with E-state index >= 15 is 0 Å². The smallest absolute Gasteiger partial charge is 0.254 e. The van der Waals surface area contributed by atoms with Crippen LogP contribution >= 0.6 is 0 Å². The Hall–Kier alpha value is -1.35. The van der Waals surface area contributed by atoms with E-state index in [4.69, 9.17) is 5.73 Å². The van der Waals surface area contributed by atoms with Crippen LogP contribution < -0.4 is 5.73 Å². The first-order chi connectivity index (χ1) is 9.13. The van der Waals surface area contributed by atoms with Crippen LogP contribution in [-0.2, 0) is 6.42 Å². The molecule has 1 unspecified atom stereocenters. The lowest BCUT2D eigenvalue weighted by Gasteiger charge is -2.19. The fraction of sp³-hybridized carbons (Fsp3) is 0.562. The van der Waals surface area contributed by atoms with E-state index in [9.17, 15) is 4.79 Å². The topological polar surface area (TPSA) is 46.3 Å². The van der Waals surface area contributed by atoms with Crippen molar-refractivity contribution in [3.05, 3.63) is 35.4 Å². The van der Waals surface area contributed by atoms with E-state index in [1.54, 1.807) is 0 Å². The van der Waals surface area contributed by atoms with Crippen molar-refractivity contribution in [3.8, 4) is 0 Å². The number of carbonyl (C=O) groups is 1. The molecule has 1 amide bonds. The number of amides is 1. The molecule has 1 fully saturated rings. The summed E-state index contributed by atoms with van der Waals surface area (Å²) in [5.74, 6) is 1.47. The minimum atomic E-state index is 0.173. The van der Waals surface area contributed by atoms with E-state index < -0.39 is 0 Å². The zero-order valence-corrected chi connectivity index (χ0v) is 11.9. The van der Waals surface area contributed by atoms with Crippen molar-refractivity contribution in [1.82, 2.24) is 4.90 Å². The number of likely N-dealkylation sites (tertiary alicyclic amines) is 1. The van der Waals surface area contributed by atoms with Gasteiger partial charge in [-0.25, -0.2) is 0 Å². The highest BCUT2D eigenvalue weighted by atomic mass is 16.2. The zero-order chi connectivity index (χ0) is 13.8. The minimum Gasteiger partial charge on any atom is -0.338 e. The quantitative estimate of drug-likeness (QED) is 0.903. The first-order valence-corrected chi connectivity index (χ1v) is 7.20. The van der Waals surface area contributed by atoms with Gasteiger partial charge in [0, 0.05) is 18.7 Å². The molecule has 1 aliphatic rings. The summed E-state index contributed by atoms with van der Waals surface area (Å²) in [6.07, 6.45) is 1.89. The number of hydrogen-bond acceptors (Lipinski definition) is 2. The third kappa shape index (κ3) is 3.16. The van der Waals surface area contributed by atoms with Crippen LogP contribution in [0.4, 0.5) is 0 Å². The minimum absolute atomic E-state index is 0.173. The van der Waals surface area contributed by atoms with Crippen LogP contribution in [0.15, 0.2) is 24.3 Å². The molecule has 1 saturated heterocycles. The lowest BCUT2D eigenvalue weighted by atomic mass is 9.95. The van der Waals surface area contributed by atoms with Gasteiger partial charge in [0.15, 0.2) is 0 Å². The van der Waals surface area contributed by atoms with Crippen molar-refractivity contribution in [1.29, 1.82) is 0 Å². The molecular formula is C16H24N2O. The van der Waals surface area contributed by atoms with Gasteiger partial charge in [-0.3, -0.25) is 4.79 Å². The lowest BCUT2D eigenvalue weighted by molar-refractivity contribution is 0.0783. The highest BCUT2D eigenvalue weighted by Gasteiger charge is 2.29. The third-order valence-electron chi connectivity index (χ3n) is 4.12. The van der Waals surface area contributed by atoms with Crippen molar-refractivity contribution < 1.29 is 4.79 Å². The van der Waals surface area contributed by atoms with Crippen molar-refractivity contribution in [2.45, 2.75) is 26.7 Å². The van der Waals surface area contributed by atoms with E-state index in [0.717, 1.165) is 37.1 Å². The standard InChI is InChI=1S/C16H24N2O/c1-12(2)14-8-10-18(11-14)16(19)15-6-4-3-5-13(15)7-9-17/h3-6,12,14H,7-11,17H2,1-2H3. The van der Waals surface area contributed by atoms with Gasteiger partial charge in [0.25, 0.3) is 5.91 Å². The molecular weight excluding hydrogens is 236 g/mol. The summed E-state index contributed by atoms with van der Waals surface area (Å²) in [5, 5.41) is 0. The third-order valence-corrected chi connectivity index (χ3v) is 4.12. The highest BCUT2D eigenvalue weighted by Crippen LogP contribution is 2.25. The molecule has 104 valence electrons. The summed E-state index contributed by atoms with van der Waals surface area (Å²) >= 11 is 0. The van der Waals surface area contributed by atoms with E-state index in [0.29, 0.717) is 18.4 Å². The molecule has 3 heteroatoms. The van der Waals surface area contributed by atoms with Gasteiger partial charge in [-0.1, -0.05) is 32.0 Å². The molecule has 1 aliphatic heterocycles. The molecule has 3 nitrogen and oxygen atoms in total. The van der Waals surface area contributed by atoms with E-state index in [-0.39, 0.29) is 5.91 Å². The molecule has 0 aromatic heterocycles. The maximum Gasteiger partial charge on any atom is 0.254 e. The molecule has 2 N–H and O–H groups in total. The number of carbonyl (C=O) groups excluding carboxylic acids is 1. The summed E-state index contributed by atoms with van der Waals surface area (Å²) in [7, 11) is 0. The molecule has 0 saturated carbocycles. The first-order valence-electron chi connectivity index (χ1n) is 7.20. The zero-order valence-electron chi connectivity index (χ0n) is 11.9. The van der Waals surface area contributed by atoms with Crippen LogP contribution in [0.25, 0.3) is 0 Å². The molecule has 1 heterocycles. The maximum absolute atomic E-state index is 12.6. The van der Waals surface area contributed by atoms with Crippen LogP contribution in [0.2, 0.25) is 0 Å². The van der Waals surface area contributed by atoms with Gasteiger partial charge >= 0.3 is 0 Å². The SMILES string of the molecule is CC(C)C1CCN(C(=O)c2ccccc2CCN)C1. The molecule has 2 rings (SSSR count). The Morgan fingerprint density at radius 1 is 1.42 bits per heavy atom. The Morgan fingerprint density at radius 2 is 2.16 bits per heavy atom. The summed E-state index contributed by atoms with van der Waals surface area (Å²) in [5.41, 5.74) is 7.52. The van der Waals surface area contributed by atoms with E-state index in [1.165, 1.54) is 0 Å². The average Bonchev–Trinajstić information content (AvgIpc) is 2.89. The average molecular weight is 260 g/mol. The molecule has 0 bridgehead atoms. The number of benzene rings is 1. The molecule has 1 atom stereocenters. The predicted octanol–water partition coefficient (Wildman–Crippen LogP) is 2.31. The van der Waals surface area contributed by atoms with Crippen molar-refractivity contribution in [2.75, 3.05) is 19.6 Å². The van der Waals surface area contributed by atoms with Gasteiger partial charge in [0.05, 0.1) is 0 Å².